The Morgan fingerprint density at radius 2 is 1.03 bits per heavy atom. The minimum atomic E-state index is -1.15. The zero-order valence-electron chi connectivity index (χ0n) is 19.0. The molecule has 0 spiro atoms. The predicted octanol–water partition coefficient (Wildman–Crippen LogP) is 3.31. The van der Waals surface area contributed by atoms with Crippen molar-refractivity contribution >= 4 is 44.5 Å². The number of hydrogen-bond acceptors (Lipinski definition) is 6. The first-order valence-corrected chi connectivity index (χ1v) is 14.6. The van der Waals surface area contributed by atoms with Crippen LogP contribution in [-0.2, 0) is 0 Å². The monoisotopic (exact) mass is 534 g/mol. The summed E-state index contributed by atoms with van der Waals surface area (Å²) >= 11 is 0.149. The first-order chi connectivity index (χ1) is 14.9. The number of carbonyl (C=O) groups excluding carboxylic acids is 2. The summed E-state index contributed by atoms with van der Waals surface area (Å²) < 4.78 is 3.25. The molecule has 0 bridgehead atoms. The van der Waals surface area contributed by atoms with E-state index in [2.05, 4.69) is 24.5 Å². The summed E-state index contributed by atoms with van der Waals surface area (Å²) in [5, 5.41) is 26.3. The fourth-order valence-electron chi connectivity index (χ4n) is 2.27. The molecular formula is C24H34N2O4Sn. The maximum atomic E-state index is 10.3. The third-order valence-corrected chi connectivity index (χ3v) is 8.27. The number of hydrogen-bond donors (Lipinski definition) is 2. The Labute approximate surface area is 196 Å². The molecule has 0 fully saturated rings. The minimum Gasteiger partial charge on any atom is -0.545 e. The van der Waals surface area contributed by atoms with Crippen molar-refractivity contribution in [3.05, 3.63) is 59.7 Å². The van der Waals surface area contributed by atoms with E-state index in [1.165, 1.54) is 49.9 Å². The normalized spacial score (nSPS) is 9.16. The number of nitrogens with one attached hydrogen (secondary N) is 2. The van der Waals surface area contributed by atoms with Crippen LogP contribution in [0.2, 0.25) is 8.87 Å². The number of aromatic carboxylic acids is 2. The summed E-state index contributed by atoms with van der Waals surface area (Å²) in [6.07, 6.45) is 5.84. The van der Waals surface area contributed by atoms with Crippen molar-refractivity contribution in [2.45, 2.75) is 48.4 Å². The van der Waals surface area contributed by atoms with Gasteiger partial charge in [0.05, 0.1) is 11.9 Å². The maximum Gasteiger partial charge on any atom is 0.0715 e. The van der Waals surface area contributed by atoms with Gasteiger partial charge in [-0.15, -0.1) is 0 Å². The van der Waals surface area contributed by atoms with E-state index in [9.17, 15) is 19.8 Å². The smallest absolute Gasteiger partial charge is 0.0715 e. The van der Waals surface area contributed by atoms with E-state index in [0.29, 0.717) is 0 Å². The van der Waals surface area contributed by atoms with Gasteiger partial charge in [0.1, 0.15) is 0 Å². The van der Waals surface area contributed by atoms with Gasteiger partial charge in [0.2, 0.25) is 0 Å². The fourth-order valence-corrected chi connectivity index (χ4v) is 6.43. The van der Waals surface area contributed by atoms with Gasteiger partial charge < -0.3 is 30.4 Å². The molecule has 168 valence electrons. The van der Waals surface area contributed by atoms with Gasteiger partial charge >= 0.3 is 69.5 Å². The van der Waals surface area contributed by atoms with Gasteiger partial charge in [-0.25, -0.2) is 0 Å². The molecule has 0 aliphatic heterocycles. The molecule has 0 saturated carbocycles. The number of rotatable bonds is 10. The standard InChI is InChI=1S/2C8H9NO2.2C4H9.Sn/c2*1-9-7-4-2-6(3-5-7)8(10)11;2*1-3-4-2;/h2*2-5,9H,1H3,(H,10,11);2*1,3-4H2,2H3;/q;;;;+2/p-2. The third-order valence-electron chi connectivity index (χ3n) is 4.23. The van der Waals surface area contributed by atoms with E-state index >= 15 is 0 Å². The number of carbonyl (C=O) groups is 2. The summed E-state index contributed by atoms with van der Waals surface area (Å²) in [4.78, 5) is 20.5. The van der Waals surface area contributed by atoms with E-state index in [-0.39, 0.29) is 32.3 Å². The van der Waals surface area contributed by atoms with Gasteiger partial charge in [-0.1, -0.05) is 24.3 Å². The predicted molar refractivity (Wildman–Crippen MR) is 126 cm³/mol. The molecule has 2 aromatic carbocycles. The molecule has 0 aliphatic rings. The van der Waals surface area contributed by atoms with Crippen molar-refractivity contribution in [2.75, 3.05) is 24.7 Å². The number of carboxylic acid groups (broad SMARTS) is 2. The van der Waals surface area contributed by atoms with Gasteiger partial charge in [-0.05, 0) is 35.4 Å². The van der Waals surface area contributed by atoms with Crippen LogP contribution in [-0.4, -0.2) is 47.2 Å². The summed E-state index contributed by atoms with van der Waals surface area (Å²) in [5.74, 6) is -2.29. The van der Waals surface area contributed by atoms with Crippen LogP contribution in [0.4, 0.5) is 11.4 Å². The third kappa shape index (κ3) is 14.4. The molecular weight excluding hydrogens is 499 g/mol. The maximum absolute atomic E-state index is 10.3. The van der Waals surface area contributed by atoms with Gasteiger partial charge in [0.15, 0.2) is 0 Å². The molecule has 0 radical (unpaired) electrons. The van der Waals surface area contributed by atoms with Crippen LogP contribution in [0.5, 0.6) is 0 Å². The van der Waals surface area contributed by atoms with Crippen molar-refractivity contribution in [3.8, 4) is 0 Å². The van der Waals surface area contributed by atoms with Crippen LogP contribution >= 0.6 is 0 Å². The first-order valence-electron chi connectivity index (χ1n) is 10.6. The van der Waals surface area contributed by atoms with E-state index in [1.807, 2.05) is 0 Å². The Morgan fingerprint density at radius 3 is 1.26 bits per heavy atom. The van der Waals surface area contributed by atoms with E-state index in [1.54, 1.807) is 47.2 Å². The van der Waals surface area contributed by atoms with Crippen molar-refractivity contribution in [1.82, 2.24) is 0 Å². The average molecular weight is 533 g/mol. The molecule has 0 unspecified atom stereocenters. The van der Waals surface area contributed by atoms with Crippen LogP contribution in [0, 0.1) is 0 Å². The van der Waals surface area contributed by atoms with Crippen LogP contribution in [0.15, 0.2) is 48.5 Å². The molecule has 7 heteroatoms. The average Bonchev–Trinajstić information content (AvgIpc) is 2.80. The molecule has 0 amide bonds. The molecule has 0 aromatic heterocycles. The van der Waals surface area contributed by atoms with E-state index in [4.69, 9.17) is 0 Å². The Bertz CT molecular complexity index is 671. The molecule has 0 saturated heterocycles. The molecule has 2 rings (SSSR count). The molecule has 2 N–H and O–H groups in total. The molecule has 0 atom stereocenters. The van der Waals surface area contributed by atoms with Crippen LogP contribution < -0.4 is 20.8 Å². The zero-order chi connectivity index (χ0) is 23.5. The van der Waals surface area contributed by atoms with Crippen molar-refractivity contribution in [3.63, 3.8) is 0 Å². The topological polar surface area (TPSA) is 104 Å². The molecule has 0 aliphatic carbocycles. The Kier molecular flexibility index (Phi) is 17.2. The molecule has 0 heterocycles. The fraction of sp³-hybridized carbons (Fsp3) is 0.417. The summed E-state index contributed by atoms with van der Waals surface area (Å²) in [5.41, 5.74) is 2.16. The minimum absolute atomic E-state index is 0.149. The number of carboxylic acids is 2. The van der Waals surface area contributed by atoms with Crippen molar-refractivity contribution < 1.29 is 19.8 Å². The Balaban J connectivity index is 0.000000439. The van der Waals surface area contributed by atoms with Crippen LogP contribution in [0.1, 0.15) is 60.2 Å². The summed E-state index contributed by atoms with van der Waals surface area (Å²) in [6, 6.07) is 12.7. The second-order valence-corrected chi connectivity index (χ2v) is 11.0. The van der Waals surface area contributed by atoms with Crippen LogP contribution in [0.25, 0.3) is 0 Å². The SMILES string of the molecule is CCC[CH2][Sn+2][CH2]CCC.CNc1ccc(C(=O)[O-])cc1.CNc1ccc(C(=O)[O-])cc1. The quantitative estimate of drug-likeness (QED) is 0.359. The van der Waals surface area contributed by atoms with Gasteiger partial charge in [0, 0.05) is 25.5 Å². The van der Waals surface area contributed by atoms with Crippen molar-refractivity contribution in [2.24, 2.45) is 0 Å². The number of benzene rings is 2. The van der Waals surface area contributed by atoms with Gasteiger partial charge in [-0.3, -0.25) is 0 Å². The van der Waals surface area contributed by atoms with Gasteiger partial charge in [-0.2, -0.15) is 0 Å². The first kappa shape index (κ1) is 28.8. The van der Waals surface area contributed by atoms with Crippen molar-refractivity contribution in [1.29, 1.82) is 0 Å². The van der Waals surface area contributed by atoms with Gasteiger partial charge in [0.25, 0.3) is 0 Å². The number of unbranched alkanes of at least 4 members (excludes halogenated alkanes) is 2. The Hall–Kier alpha value is -2.22. The summed E-state index contributed by atoms with van der Waals surface area (Å²) in [7, 11) is 3.54. The summed E-state index contributed by atoms with van der Waals surface area (Å²) in [6.45, 7) is 4.58. The zero-order valence-corrected chi connectivity index (χ0v) is 21.8. The Morgan fingerprint density at radius 1 is 0.710 bits per heavy atom. The van der Waals surface area contributed by atoms with E-state index in [0.717, 1.165) is 11.4 Å². The largest absolute Gasteiger partial charge is 0.545 e. The second kappa shape index (κ2) is 18.5. The molecule has 31 heavy (non-hydrogen) atoms. The number of anilines is 2. The van der Waals surface area contributed by atoms with E-state index < -0.39 is 11.9 Å². The van der Waals surface area contributed by atoms with Crippen LogP contribution in [0.3, 0.4) is 0 Å². The second-order valence-electron chi connectivity index (χ2n) is 6.69. The molecule has 2 aromatic rings. The molecule has 6 nitrogen and oxygen atoms in total.